The Labute approximate surface area is 114 Å². The van der Waals surface area contributed by atoms with Gasteiger partial charge in [0.2, 0.25) is 0 Å². The molecule has 0 saturated heterocycles. The van der Waals surface area contributed by atoms with Gasteiger partial charge in [0, 0.05) is 11.3 Å². The molecule has 0 spiro atoms. The molecule has 0 aliphatic heterocycles. The van der Waals surface area contributed by atoms with Gasteiger partial charge >= 0.3 is 0 Å². The summed E-state index contributed by atoms with van der Waals surface area (Å²) in [6, 6.07) is 3.39. The Morgan fingerprint density at radius 3 is 2.82 bits per heavy atom. The normalized spacial score (nSPS) is 10.1. The number of ether oxygens (including phenoxy) is 2. The minimum atomic E-state index is 0.559. The summed E-state index contributed by atoms with van der Waals surface area (Å²) in [5.41, 5.74) is 0.559. The highest BCUT2D eigenvalue weighted by atomic mass is 79.9. The molecule has 94 valence electrons. The fourth-order valence-corrected chi connectivity index (χ4v) is 2.36. The zero-order chi connectivity index (χ0) is 12.7. The molecule has 0 fully saturated rings. The van der Waals surface area contributed by atoms with E-state index in [1.807, 2.05) is 11.8 Å². The fraction of sp³-hybridized carbons (Fsp3) is 0.417. The van der Waals surface area contributed by atoms with Crippen molar-refractivity contribution in [1.29, 1.82) is 0 Å². The van der Waals surface area contributed by atoms with Crippen molar-refractivity contribution in [2.45, 2.75) is 6.92 Å². The number of methoxy groups -OCH3 is 1. The number of aldehydes is 1. The summed E-state index contributed by atoms with van der Waals surface area (Å²) < 4.78 is 11.6. The van der Waals surface area contributed by atoms with Gasteiger partial charge in [0.05, 0.1) is 18.2 Å². The van der Waals surface area contributed by atoms with E-state index in [-0.39, 0.29) is 0 Å². The van der Waals surface area contributed by atoms with Crippen LogP contribution in [0.2, 0.25) is 0 Å². The summed E-state index contributed by atoms with van der Waals surface area (Å²) in [5.74, 6) is 3.23. The van der Waals surface area contributed by atoms with E-state index in [0.29, 0.717) is 23.7 Å². The Balaban J connectivity index is 2.79. The molecule has 0 N–H and O–H groups in total. The standard InChI is InChI=1S/C12H15BrO3S/c1-3-17-5-4-16-12-10(13)6-9(8-14)7-11(12)15-2/h6-8H,3-5H2,1-2H3. The number of halogens is 1. The van der Waals surface area contributed by atoms with Crippen molar-refractivity contribution >= 4 is 34.0 Å². The molecular weight excluding hydrogens is 304 g/mol. The Hall–Kier alpha value is -0.680. The van der Waals surface area contributed by atoms with E-state index in [0.717, 1.165) is 22.3 Å². The van der Waals surface area contributed by atoms with E-state index in [4.69, 9.17) is 9.47 Å². The van der Waals surface area contributed by atoms with Crippen LogP contribution in [0.1, 0.15) is 17.3 Å². The summed E-state index contributed by atoms with van der Waals surface area (Å²) in [6.07, 6.45) is 0.782. The fourth-order valence-electron chi connectivity index (χ4n) is 1.29. The molecule has 0 unspecified atom stereocenters. The first-order valence-corrected chi connectivity index (χ1v) is 7.21. The molecule has 0 saturated carbocycles. The van der Waals surface area contributed by atoms with Crippen molar-refractivity contribution in [3.8, 4) is 11.5 Å². The van der Waals surface area contributed by atoms with Crippen LogP contribution < -0.4 is 9.47 Å². The average Bonchev–Trinajstić information content (AvgIpc) is 2.35. The van der Waals surface area contributed by atoms with Gasteiger partial charge < -0.3 is 9.47 Å². The van der Waals surface area contributed by atoms with Crippen LogP contribution in [-0.4, -0.2) is 31.5 Å². The summed E-state index contributed by atoms with van der Waals surface area (Å²) in [5, 5.41) is 0. The molecule has 3 nitrogen and oxygen atoms in total. The smallest absolute Gasteiger partial charge is 0.175 e. The van der Waals surface area contributed by atoms with Gasteiger partial charge in [-0.2, -0.15) is 11.8 Å². The number of benzene rings is 1. The largest absolute Gasteiger partial charge is 0.493 e. The van der Waals surface area contributed by atoms with Crippen LogP contribution in [0, 0.1) is 0 Å². The second-order valence-corrected chi connectivity index (χ2v) is 5.45. The highest BCUT2D eigenvalue weighted by molar-refractivity contribution is 9.10. The minimum Gasteiger partial charge on any atom is -0.493 e. The molecule has 0 aliphatic rings. The summed E-state index contributed by atoms with van der Waals surface area (Å²) >= 11 is 5.20. The van der Waals surface area contributed by atoms with Crippen LogP contribution in [0.4, 0.5) is 0 Å². The van der Waals surface area contributed by atoms with Crippen molar-refractivity contribution in [3.63, 3.8) is 0 Å². The van der Waals surface area contributed by atoms with Gasteiger partial charge in [-0.1, -0.05) is 6.92 Å². The van der Waals surface area contributed by atoms with E-state index in [1.165, 1.54) is 0 Å². The average molecular weight is 319 g/mol. The maximum atomic E-state index is 10.7. The van der Waals surface area contributed by atoms with Gasteiger partial charge in [0.1, 0.15) is 6.29 Å². The second-order valence-electron chi connectivity index (χ2n) is 3.20. The van der Waals surface area contributed by atoms with Gasteiger partial charge in [-0.05, 0) is 33.8 Å². The maximum Gasteiger partial charge on any atom is 0.175 e. The van der Waals surface area contributed by atoms with E-state index in [9.17, 15) is 4.79 Å². The monoisotopic (exact) mass is 318 g/mol. The van der Waals surface area contributed by atoms with E-state index >= 15 is 0 Å². The van der Waals surface area contributed by atoms with Gasteiger partial charge in [0.25, 0.3) is 0 Å². The lowest BCUT2D eigenvalue weighted by Crippen LogP contribution is -2.03. The number of hydrogen-bond acceptors (Lipinski definition) is 4. The first-order valence-electron chi connectivity index (χ1n) is 5.26. The maximum absolute atomic E-state index is 10.7. The van der Waals surface area contributed by atoms with E-state index < -0.39 is 0 Å². The van der Waals surface area contributed by atoms with Crippen molar-refractivity contribution in [3.05, 3.63) is 22.2 Å². The minimum absolute atomic E-state index is 0.559. The van der Waals surface area contributed by atoms with Gasteiger partial charge in [-0.15, -0.1) is 0 Å². The molecule has 0 aliphatic carbocycles. The Bertz CT molecular complexity index is 382. The highest BCUT2D eigenvalue weighted by Gasteiger charge is 2.11. The lowest BCUT2D eigenvalue weighted by atomic mass is 10.2. The van der Waals surface area contributed by atoms with Crippen LogP contribution in [0.25, 0.3) is 0 Å². The van der Waals surface area contributed by atoms with Crippen molar-refractivity contribution in [2.75, 3.05) is 25.2 Å². The van der Waals surface area contributed by atoms with Crippen LogP contribution in [0.15, 0.2) is 16.6 Å². The summed E-state index contributed by atoms with van der Waals surface area (Å²) in [4.78, 5) is 10.7. The van der Waals surface area contributed by atoms with Gasteiger partial charge in [-0.3, -0.25) is 4.79 Å². The number of hydrogen-bond donors (Lipinski definition) is 0. The first-order chi connectivity index (χ1) is 8.22. The first kappa shape index (κ1) is 14.4. The van der Waals surface area contributed by atoms with Gasteiger partial charge in [-0.25, -0.2) is 0 Å². The number of carbonyl (C=O) groups excluding carboxylic acids is 1. The van der Waals surface area contributed by atoms with E-state index in [2.05, 4.69) is 22.9 Å². The third-order valence-corrected chi connectivity index (χ3v) is 3.52. The third-order valence-electron chi connectivity index (χ3n) is 2.07. The van der Waals surface area contributed by atoms with E-state index in [1.54, 1.807) is 19.2 Å². The Kier molecular flexibility index (Phi) is 6.44. The predicted octanol–water partition coefficient (Wildman–Crippen LogP) is 3.40. The predicted molar refractivity (Wildman–Crippen MR) is 74.6 cm³/mol. The van der Waals surface area contributed by atoms with Crippen molar-refractivity contribution in [2.24, 2.45) is 0 Å². The topological polar surface area (TPSA) is 35.5 Å². The molecule has 1 aromatic carbocycles. The number of rotatable bonds is 7. The SMILES string of the molecule is CCSCCOc1c(Br)cc(C=O)cc1OC. The molecule has 5 heteroatoms. The molecule has 1 aromatic rings. The molecule has 0 bridgehead atoms. The van der Waals surface area contributed by atoms with Crippen molar-refractivity contribution in [1.82, 2.24) is 0 Å². The Morgan fingerprint density at radius 1 is 1.47 bits per heavy atom. The molecule has 0 heterocycles. The highest BCUT2D eigenvalue weighted by Crippen LogP contribution is 2.36. The zero-order valence-electron chi connectivity index (χ0n) is 9.86. The molecule has 0 aromatic heterocycles. The molecule has 0 amide bonds. The number of thioether (sulfide) groups is 1. The molecule has 0 radical (unpaired) electrons. The molecule has 17 heavy (non-hydrogen) atoms. The lowest BCUT2D eigenvalue weighted by molar-refractivity contribution is 0.112. The van der Waals surface area contributed by atoms with Gasteiger partial charge in [0.15, 0.2) is 11.5 Å². The quantitative estimate of drug-likeness (QED) is 0.570. The number of carbonyl (C=O) groups is 1. The van der Waals surface area contributed by atoms with Crippen molar-refractivity contribution < 1.29 is 14.3 Å². The Morgan fingerprint density at radius 2 is 2.24 bits per heavy atom. The van der Waals surface area contributed by atoms with Crippen LogP contribution in [0.3, 0.4) is 0 Å². The lowest BCUT2D eigenvalue weighted by Gasteiger charge is -2.12. The summed E-state index contributed by atoms with van der Waals surface area (Å²) in [7, 11) is 1.56. The molecule has 0 atom stereocenters. The molecular formula is C12H15BrO3S. The van der Waals surface area contributed by atoms with Crippen LogP contribution >= 0.6 is 27.7 Å². The zero-order valence-corrected chi connectivity index (χ0v) is 12.3. The molecule has 1 rings (SSSR count). The second kappa shape index (κ2) is 7.61. The van der Waals surface area contributed by atoms with Crippen LogP contribution in [-0.2, 0) is 0 Å². The van der Waals surface area contributed by atoms with Crippen LogP contribution in [0.5, 0.6) is 11.5 Å². The summed E-state index contributed by atoms with van der Waals surface area (Å²) in [6.45, 7) is 2.73. The third kappa shape index (κ3) is 4.24.